The minimum absolute atomic E-state index is 0.229. The molecule has 8 nitrogen and oxygen atoms in total. The number of fused-ring (bicyclic) bond motifs is 1. The van der Waals surface area contributed by atoms with Crippen LogP contribution >= 0.6 is 0 Å². The molecule has 2 aliphatic rings. The van der Waals surface area contributed by atoms with Gasteiger partial charge in [0.25, 0.3) is 5.91 Å². The summed E-state index contributed by atoms with van der Waals surface area (Å²) >= 11 is 0. The molecule has 4 heterocycles. The van der Waals surface area contributed by atoms with Gasteiger partial charge in [0.2, 0.25) is 0 Å². The minimum Gasteiger partial charge on any atom is -0.378 e. The number of nitrogens with one attached hydrogen (secondary N) is 1. The molecular weight excluding hydrogens is 392 g/mol. The van der Waals surface area contributed by atoms with E-state index < -0.39 is 0 Å². The van der Waals surface area contributed by atoms with Crippen molar-refractivity contribution >= 4 is 17.3 Å². The first-order valence-electron chi connectivity index (χ1n) is 10.9. The normalized spacial score (nSPS) is 16.5. The van der Waals surface area contributed by atoms with Crippen LogP contribution in [-0.4, -0.2) is 52.0 Å². The molecule has 0 bridgehead atoms. The number of aromatic nitrogens is 4. The Bertz CT molecular complexity index is 1070. The Labute approximate surface area is 181 Å². The van der Waals surface area contributed by atoms with Crippen molar-refractivity contribution < 1.29 is 9.53 Å². The van der Waals surface area contributed by atoms with Crippen molar-refractivity contribution in [3.63, 3.8) is 0 Å². The van der Waals surface area contributed by atoms with Gasteiger partial charge in [-0.2, -0.15) is 0 Å². The first-order chi connectivity index (χ1) is 15.3. The molecule has 1 amide bonds. The van der Waals surface area contributed by atoms with E-state index >= 15 is 0 Å². The monoisotopic (exact) mass is 418 g/mol. The van der Waals surface area contributed by atoms with Crippen molar-refractivity contribution in [3.8, 4) is 11.4 Å². The third kappa shape index (κ3) is 4.29. The predicted octanol–water partition coefficient (Wildman–Crippen LogP) is 3.16. The van der Waals surface area contributed by atoms with Crippen LogP contribution in [0.5, 0.6) is 0 Å². The molecule has 0 radical (unpaired) electrons. The number of hydrogen-bond donors (Lipinski definition) is 1. The number of nitrogens with zero attached hydrogens (tertiary/aromatic N) is 5. The zero-order chi connectivity index (χ0) is 21.0. The van der Waals surface area contributed by atoms with Gasteiger partial charge in [0.15, 0.2) is 5.82 Å². The van der Waals surface area contributed by atoms with Gasteiger partial charge in [0.1, 0.15) is 11.5 Å². The predicted molar refractivity (Wildman–Crippen MR) is 118 cm³/mol. The number of rotatable bonds is 4. The number of amides is 1. The first-order valence-corrected chi connectivity index (χ1v) is 10.9. The number of carbonyl (C=O) groups excluding carboxylic acids is 1. The molecule has 2 aliphatic heterocycles. The molecule has 0 aliphatic carbocycles. The van der Waals surface area contributed by atoms with Crippen molar-refractivity contribution in [3.05, 3.63) is 54.1 Å². The lowest BCUT2D eigenvalue weighted by molar-refractivity contribution is 0.102. The molecule has 0 spiro atoms. The highest BCUT2D eigenvalue weighted by molar-refractivity contribution is 6.03. The second-order valence-electron chi connectivity index (χ2n) is 7.94. The molecule has 1 aromatic carbocycles. The fraction of sp³-hybridized carbons (Fsp3) is 0.391. The molecule has 5 rings (SSSR count). The highest BCUT2D eigenvalue weighted by atomic mass is 16.5. The van der Waals surface area contributed by atoms with Gasteiger partial charge in [0, 0.05) is 49.2 Å². The van der Waals surface area contributed by atoms with Crippen molar-refractivity contribution in [2.45, 2.75) is 32.2 Å². The minimum atomic E-state index is -0.229. The van der Waals surface area contributed by atoms with E-state index in [1.54, 1.807) is 6.20 Å². The number of anilines is 2. The molecule has 0 saturated carbocycles. The van der Waals surface area contributed by atoms with Crippen LogP contribution in [0.25, 0.3) is 11.4 Å². The average molecular weight is 419 g/mol. The Hall–Kier alpha value is -3.26. The van der Waals surface area contributed by atoms with Crippen LogP contribution in [0.1, 0.15) is 35.6 Å². The second kappa shape index (κ2) is 8.85. The van der Waals surface area contributed by atoms with E-state index in [1.807, 2.05) is 36.4 Å². The van der Waals surface area contributed by atoms with Crippen molar-refractivity contribution in [2.24, 2.45) is 0 Å². The van der Waals surface area contributed by atoms with E-state index in [0.29, 0.717) is 24.6 Å². The Morgan fingerprint density at radius 3 is 2.81 bits per heavy atom. The SMILES string of the molecule is O=C(Nc1cccc(-c2nnc3n2CCCCC3)c1)c1cc(N2CCOCC2)ccn1. The Morgan fingerprint density at radius 1 is 1.00 bits per heavy atom. The van der Waals surface area contributed by atoms with Gasteiger partial charge in [-0.25, -0.2) is 0 Å². The molecule has 1 saturated heterocycles. The summed E-state index contributed by atoms with van der Waals surface area (Å²) in [5, 5.41) is 11.8. The molecule has 8 heteroatoms. The number of morpholine rings is 1. The number of pyridine rings is 1. The summed E-state index contributed by atoms with van der Waals surface area (Å²) in [5.74, 6) is 1.68. The van der Waals surface area contributed by atoms with Crippen molar-refractivity contribution in [1.29, 1.82) is 0 Å². The topological polar surface area (TPSA) is 85.2 Å². The van der Waals surface area contributed by atoms with E-state index in [1.165, 1.54) is 6.42 Å². The summed E-state index contributed by atoms with van der Waals surface area (Å²) < 4.78 is 7.62. The summed E-state index contributed by atoms with van der Waals surface area (Å²) in [5.41, 5.74) is 3.05. The summed E-state index contributed by atoms with van der Waals surface area (Å²) in [7, 11) is 0. The average Bonchev–Trinajstić information content (AvgIpc) is 3.08. The lowest BCUT2D eigenvalue weighted by Crippen LogP contribution is -2.36. The molecule has 3 aromatic rings. The van der Waals surface area contributed by atoms with E-state index in [9.17, 15) is 4.79 Å². The molecular formula is C23H26N6O2. The van der Waals surface area contributed by atoms with Crippen LogP contribution in [0.2, 0.25) is 0 Å². The molecule has 2 aromatic heterocycles. The Kier molecular flexibility index (Phi) is 5.62. The van der Waals surface area contributed by atoms with Gasteiger partial charge in [-0.15, -0.1) is 10.2 Å². The number of carbonyl (C=O) groups is 1. The van der Waals surface area contributed by atoms with E-state index in [0.717, 1.165) is 61.8 Å². The third-order valence-corrected chi connectivity index (χ3v) is 5.84. The summed E-state index contributed by atoms with van der Waals surface area (Å²) in [6.07, 6.45) is 6.16. The smallest absolute Gasteiger partial charge is 0.274 e. The molecule has 31 heavy (non-hydrogen) atoms. The molecule has 0 unspecified atom stereocenters. The molecule has 1 N–H and O–H groups in total. The third-order valence-electron chi connectivity index (χ3n) is 5.84. The van der Waals surface area contributed by atoms with Gasteiger partial charge < -0.3 is 19.5 Å². The number of aryl methyl sites for hydroxylation is 1. The second-order valence-corrected chi connectivity index (χ2v) is 7.94. The summed E-state index contributed by atoms with van der Waals surface area (Å²) in [6.45, 7) is 3.96. The van der Waals surface area contributed by atoms with Crippen molar-refractivity contribution in [2.75, 3.05) is 36.5 Å². The largest absolute Gasteiger partial charge is 0.378 e. The Morgan fingerprint density at radius 2 is 1.90 bits per heavy atom. The highest BCUT2D eigenvalue weighted by Crippen LogP contribution is 2.25. The number of hydrogen-bond acceptors (Lipinski definition) is 6. The van der Waals surface area contributed by atoms with Crippen LogP contribution < -0.4 is 10.2 Å². The van der Waals surface area contributed by atoms with Crippen LogP contribution in [-0.2, 0) is 17.7 Å². The summed E-state index contributed by atoms with van der Waals surface area (Å²) in [6, 6.07) is 11.5. The maximum Gasteiger partial charge on any atom is 0.274 e. The van der Waals surface area contributed by atoms with Gasteiger partial charge in [-0.3, -0.25) is 9.78 Å². The van der Waals surface area contributed by atoms with E-state index in [4.69, 9.17) is 4.74 Å². The first kappa shape index (κ1) is 19.7. The van der Waals surface area contributed by atoms with E-state index in [-0.39, 0.29) is 5.91 Å². The molecule has 160 valence electrons. The van der Waals surface area contributed by atoms with Crippen LogP contribution in [0, 0.1) is 0 Å². The van der Waals surface area contributed by atoms with Crippen LogP contribution in [0.4, 0.5) is 11.4 Å². The van der Waals surface area contributed by atoms with Gasteiger partial charge in [-0.05, 0) is 37.1 Å². The number of ether oxygens (including phenoxy) is 1. The number of benzene rings is 1. The van der Waals surface area contributed by atoms with Gasteiger partial charge in [-0.1, -0.05) is 18.6 Å². The summed E-state index contributed by atoms with van der Waals surface area (Å²) in [4.78, 5) is 19.4. The van der Waals surface area contributed by atoms with Crippen LogP contribution in [0.15, 0.2) is 42.6 Å². The standard InChI is InChI=1S/C23H26N6O2/c30-23(20-16-19(8-9-24-20)28-11-13-31-14-12-28)25-18-6-4-5-17(15-18)22-27-26-21-7-2-1-3-10-29(21)22/h4-6,8-9,15-16H,1-3,7,10-14H2,(H,25,30). The zero-order valence-corrected chi connectivity index (χ0v) is 17.5. The van der Waals surface area contributed by atoms with Crippen molar-refractivity contribution in [1.82, 2.24) is 19.7 Å². The Balaban J connectivity index is 1.34. The fourth-order valence-electron chi connectivity index (χ4n) is 4.19. The quantitative estimate of drug-likeness (QED) is 0.701. The maximum absolute atomic E-state index is 12.9. The fourth-order valence-corrected chi connectivity index (χ4v) is 4.19. The molecule has 0 atom stereocenters. The molecule has 1 fully saturated rings. The lowest BCUT2D eigenvalue weighted by atomic mass is 10.1. The zero-order valence-electron chi connectivity index (χ0n) is 17.5. The van der Waals surface area contributed by atoms with Gasteiger partial charge in [0.05, 0.1) is 13.2 Å². The highest BCUT2D eigenvalue weighted by Gasteiger charge is 2.17. The van der Waals surface area contributed by atoms with Gasteiger partial charge >= 0.3 is 0 Å². The lowest BCUT2D eigenvalue weighted by Gasteiger charge is -2.28. The van der Waals surface area contributed by atoms with Crippen LogP contribution in [0.3, 0.4) is 0 Å². The maximum atomic E-state index is 12.9. The van der Waals surface area contributed by atoms with E-state index in [2.05, 4.69) is 30.0 Å².